The van der Waals surface area contributed by atoms with Crippen molar-refractivity contribution in [1.29, 1.82) is 0 Å². The van der Waals surface area contributed by atoms with Crippen molar-refractivity contribution in [1.82, 2.24) is 20.3 Å². The van der Waals surface area contributed by atoms with Crippen LogP contribution in [0.3, 0.4) is 0 Å². The lowest BCUT2D eigenvalue weighted by molar-refractivity contribution is 0.0983. The first-order valence-electron chi connectivity index (χ1n) is 8.27. The van der Waals surface area contributed by atoms with E-state index in [0.29, 0.717) is 24.2 Å². The number of anilines is 1. The van der Waals surface area contributed by atoms with E-state index in [9.17, 15) is 4.79 Å². The highest BCUT2D eigenvalue weighted by Crippen LogP contribution is 2.36. The number of amides is 1. The summed E-state index contributed by atoms with van der Waals surface area (Å²) in [5.74, 6) is 0.302. The van der Waals surface area contributed by atoms with Crippen molar-refractivity contribution >= 4 is 11.6 Å². The summed E-state index contributed by atoms with van der Waals surface area (Å²) < 4.78 is 1.86. The molecule has 1 amide bonds. The van der Waals surface area contributed by atoms with E-state index in [0.717, 1.165) is 31.6 Å². The minimum atomic E-state index is -0.0537. The third kappa shape index (κ3) is 2.53. The lowest BCUT2D eigenvalue weighted by Crippen LogP contribution is -2.30. The number of aromatic nitrogens is 3. The molecule has 1 fully saturated rings. The predicted octanol–water partition coefficient (Wildman–Crippen LogP) is 1.97. The zero-order valence-electron chi connectivity index (χ0n) is 13.3. The monoisotopic (exact) mass is 311 g/mol. The molecule has 1 atom stereocenters. The topological polar surface area (TPSA) is 63.1 Å². The first kappa shape index (κ1) is 14.4. The summed E-state index contributed by atoms with van der Waals surface area (Å²) in [5, 5.41) is 11.7. The standard InChI is InChI=1S/C17H21N5O/c1-12-10-21(16-5-3-2-4-14(12)16)17(23)15-11-22(20-19-15)13-6-8-18-9-7-13/h2-5,11-13,18H,6-10H2,1H3. The van der Waals surface area contributed by atoms with Crippen LogP contribution in [0.2, 0.25) is 0 Å². The third-order valence-electron chi connectivity index (χ3n) is 4.87. The van der Waals surface area contributed by atoms with Crippen molar-refractivity contribution in [2.24, 2.45) is 0 Å². The summed E-state index contributed by atoms with van der Waals surface area (Å²) in [6, 6.07) is 8.45. The maximum Gasteiger partial charge on any atom is 0.280 e. The number of rotatable bonds is 2. The van der Waals surface area contributed by atoms with Crippen molar-refractivity contribution in [2.45, 2.75) is 31.7 Å². The van der Waals surface area contributed by atoms with E-state index in [-0.39, 0.29) is 5.91 Å². The number of para-hydroxylation sites is 1. The summed E-state index contributed by atoms with van der Waals surface area (Å²) >= 11 is 0. The molecule has 4 rings (SSSR count). The summed E-state index contributed by atoms with van der Waals surface area (Å²) in [5.41, 5.74) is 2.67. The third-order valence-corrected chi connectivity index (χ3v) is 4.87. The van der Waals surface area contributed by atoms with E-state index >= 15 is 0 Å². The second kappa shape index (κ2) is 5.77. The van der Waals surface area contributed by atoms with Gasteiger partial charge >= 0.3 is 0 Å². The number of nitrogens with zero attached hydrogens (tertiary/aromatic N) is 4. The van der Waals surface area contributed by atoms with Gasteiger partial charge in [0.05, 0.1) is 12.2 Å². The Labute approximate surface area is 135 Å². The Balaban J connectivity index is 1.57. The smallest absolute Gasteiger partial charge is 0.280 e. The van der Waals surface area contributed by atoms with Crippen molar-refractivity contribution in [2.75, 3.05) is 24.5 Å². The van der Waals surface area contributed by atoms with Gasteiger partial charge in [-0.3, -0.25) is 4.79 Å². The van der Waals surface area contributed by atoms with Crippen LogP contribution in [-0.2, 0) is 0 Å². The van der Waals surface area contributed by atoms with Gasteiger partial charge in [-0.1, -0.05) is 30.3 Å². The van der Waals surface area contributed by atoms with Gasteiger partial charge in [0, 0.05) is 18.2 Å². The molecule has 23 heavy (non-hydrogen) atoms. The highest BCUT2D eigenvalue weighted by atomic mass is 16.2. The number of benzene rings is 1. The van der Waals surface area contributed by atoms with Gasteiger partial charge in [0.1, 0.15) is 0 Å². The maximum absolute atomic E-state index is 12.8. The molecule has 1 saturated heterocycles. The maximum atomic E-state index is 12.8. The van der Waals surface area contributed by atoms with Gasteiger partial charge in [-0.15, -0.1) is 5.10 Å². The number of hydrogen-bond donors (Lipinski definition) is 1. The highest BCUT2D eigenvalue weighted by Gasteiger charge is 2.31. The molecule has 2 aromatic rings. The van der Waals surface area contributed by atoms with E-state index < -0.39 is 0 Å². The van der Waals surface area contributed by atoms with Gasteiger partial charge < -0.3 is 10.2 Å². The average Bonchev–Trinajstić information content (AvgIpc) is 3.21. The minimum absolute atomic E-state index is 0.0537. The van der Waals surface area contributed by atoms with Gasteiger partial charge in [0.25, 0.3) is 5.91 Å². The fourth-order valence-corrected chi connectivity index (χ4v) is 3.58. The number of piperidine rings is 1. The largest absolute Gasteiger partial charge is 0.317 e. The quantitative estimate of drug-likeness (QED) is 0.921. The molecule has 0 bridgehead atoms. The molecular formula is C17H21N5O. The molecule has 6 nitrogen and oxygen atoms in total. The molecule has 120 valence electrons. The van der Waals surface area contributed by atoms with Gasteiger partial charge in [-0.05, 0) is 37.6 Å². The van der Waals surface area contributed by atoms with Crippen LogP contribution in [0, 0.1) is 0 Å². The molecule has 6 heteroatoms. The average molecular weight is 311 g/mol. The molecule has 1 aromatic carbocycles. The van der Waals surface area contributed by atoms with Gasteiger partial charge in [-0.2, -0.15) is 0 Å². The van der Waals surface area contributed by atoms with Crippen LogP contribution in [0.15, 0.2) is 30.5 Å². The Kier molecular flexibility index (Phi) is 3.61. The Morgan fingerprint density at radius 3 is 2.87 bits per heavy atom. The van der Waals surface area contributed by atoms with Crippen molar-refractivity contribution < 1.29 is 4.79 Å². The summed E-state index contributed by atoms with van der Waals surface area (Å²) in [6.07, 6.45) is 3.87. The molecule has 0 saturated carbocycles. The fraction of sp³-hybridized carbons (Fsp3) is 0.471. The van der Waals surface area contributed by atoms with E-state index in [1.165, 1.54) is 5.56 Å². The number of nitrogens with one attached hydrogen (secondary N) is 1. The first-order valence-corrected chi connectivity index (χ1v) is 8.27. The lowest BCUT2D eigenvalue weighted by atomic mass is 10.0. The normalized spacial score (nSPS) is 21.4. The van der Waals surface area contributed by atoms with Crippen LogP contribution < -0.4 is 10.2 Å². The second-order valence-electron chi connectivity index (χ2n) is 6.44. The number of hydrogen-bond acceptors (Lipinski definition) is 4. The SMILES string of the molecule is CC1CN(C(=O)c2cn(C3CCNCC3)nn2)c2ccccc21. The van der Waals surface area contributed by atoms with Crippen LogP contribution in [0.25, 0.3) is 0 Å². The Hall–Kier alpha value is -2.21. The number of fused-ring (bicyclic) bond motifs is 1. The van der Waals surface area contributed by atoms with Crippen LogP contribution >= 0.6 is 0 Å². The minimum Gasteiger partial charge on any atom is -0.317 e. The molecule has 2 aliphatic rings. The first-order chi connectivity index (χ1) is 11.2. The predicted molar refractivity (Wildman–Crippen MR) is 87.7 cm³/mol. The van der Waals surface area contributed by atoms with Crippen LogP contribution in [0.4, 0.5) is 5.69 Å². The van der Waals surface area contributed by atoms with E-state index in [2.05, 4.69) is 28.6 Å². The van der Waals surface area contributed by atoms with E-state index in [1.807, 2.05) is 34.0 Å². The summed E-state index contributed by atoms with van der Waals surface area (Å²) in [7, 11) is 0. The Morgan fingerprint density at radius 1 is 1.26 bits per heavy atom. The molecule has 3 heterocycles. The number of carbonyl (C=O) groups is 1. The van der Waals surface area contributed by atoms with Gasteiger partial charge in [0.2, 0.25) is 0 Å². The van der Waals surface area contributed by atoms with Crippen molar-refractivity contribution in [3.05, 3.63) is 41.7 Å². The van der Waals surface area contributed by atoms with Crippen LogP contribution in [0.5, 0.6) is 0 Å². The van der Waals surface area contributed by atoms with E-state index in [4.69, 9.17) is 0 Å². The molecule has 0 radical (unpaired) electrons. The molecular weight excluding hydrogens is 290 g/mol. The van der Waals surface area contributed by atoms with Gasteiger partial charge in [-0.25, -0.2) is 4.68 Å². The molecule has 2 aliphatic heterocycles. The van der Waals surface area contributed by atoms with Gasteiger partial charge in [0.15, 0.2) is 5.69 Å². The molecule has 1 unspecified atom stereocenters. The fourth-order valence-electron chi connectivity index (χ4n) is 3.58. The second-order valence-corrected chi connectivity index (χ2v) is 6.44. The Bertz CT molecular complexity index is 719. The van der Waals surface area contributed by atoms with Crippen LogP contribution in [-0.4, -0.2) is 40.5 Å². The van der Waals surface area contributed by atoms with Crippen molar-refractivity contribution in [3.8, 4) is 0 Å². The highest BCUT2D eigenvalue weighted by molar-refractivity contribution is 6.06. The zero-order chi connectivity index (χ0) is 15.8. The van der Waals surface area contributed by atoms with E-state index in [1.54, 1.807) is 0 Å². The molecule has 0 spiro atoms. The molecule has 1 N–H and O–H groups in total. The summed E-state index contributed by atoms with van der Waals surface area (Å²) in [6.45, 7) is 4.84. The van der Waals surface area contributed by atoms with Crippen LogP contribution in [0.1, 0.15) is 47.8 Å². The molecule has 1 aromatic heterocycles. The number of carbonyl (C=O) groups excluding carboxylic acids is 1. The summed E-state index contributed by atoms with van der Waals surface area (Å²) in [4.78, 5) is 14.7. The Morgan fingerprint density at radius 2 is 2.04 bits per heavy atom. The molecule has 0 aliphatic carbocycles. The van der Waals surface area contributed by atoms with Crippen molar-refractivity contribution in [3.63, 3.8) is 0 Å². The zero-order valence-corrected chi connectivity index (χ0v) is 13.3. The lowest BCUT2D eigenvalue weighted by Gasteiger charge is -2.22.